The predicted octanol–water partition coefficient (Wildman–Crippen LogP) is -1.90. The Labute approximate surface area is 82.0 Å². The second kappa shape index (κ2) is 4.39. The third-order valence-electron chi connectivity index (χ3n) is 2.26. The standard InChI is InChI=1S/C8H15N3O3/c9-6(12)5-11-7(13)8(10)1-3-14-4-2-8/h1-5,10H2,(H2,9,12)(H,11,13). The molecular formula is C8H15N3O3. The third-order valence-corrected chi connectivity index (χ3v) is 2.26. The molecule has 0 spiro atoms. The number of nitrogens with two attached hydrogens (primary N) is 2. The molecule has 0 radical (unpaired) electrons. The molecule has 1 saturated heterocycles. The minimum absolute atomic E-state index is 0.168. The van der Waals surface area contributed by atoms with E-state index >= 15 is 0 Å². The van der Waals surface area contributed by atoms with Crippen LogP contribution in [0.4, 0.5) is 0 Å². The van der Waals surface area contributed by atoms with Crippen molar-refractivity contribution in [1.29, 1.82) is 0 Å². The van der Waals surface area contributed by atoms with Crippen molar-refractivity contribution >= 4 is 11.8 Å². The van der Waals surface area contributed by atoms with Crippen LogP contribution in [0, 0.1) is 0 Å². The summed E-state index contributed by atoms with van der Waals surface area (Å²) in [5.41, 5.74) is 9.83. The highest BCUT2D eigenvalue weighted by Gasteiger charge is 2.35. The fraction of sp³-hybridized carbons (Fsp3) is 0.750. The van der Waals surface area contributed by atoms with E-state index in [0.29, 0.717) is 26.1 Å². The van der Waals surface area contributed by atoms with Gasteiger partial charge in [-0.3, -0.25) is 9.59 Å². The fourth-order valence-electron chi connectivity index (χ4n) is 1.31. The Balaban J connectivity index is 2.45. The van der Waals surface area contributed by atoms with Gasteiger partial charge >= 0.3 is 0 Å². The lowest BCUT2D eigenvalue weighted by Gasteiger charge is -2.31. The Kier molecular flexibility index (Phi) is 3.43. The molecule has 0 bridgehead atoms. The van der Waals surface area contributed by atoms with Crippen molar-refractivity contribution in [2.45, 2.75) is 18.4 Å². The minimum Gasteiger partial charge on any atom is -0.381 e. The van der Waals surface area contributed by atoms with Crippen molar-refractivity contribution in [3.63, 3.8) is 0 Å². The zero-order chi connectivity index (χ0) is 10.6. The number of hydrogen-bond donors (Lipinski definition) is 3. The maximum absolute atomic E-state index is 11.5. The summed E-state index contributed by atoms with van der Waals surface area (Å²) in [5, 5.41) is 2.40. The van der Waals surface area contributed by atoms with E-state index in [1.807, 2.05) is 0 Å². The highest BCUT2D eigenvalue weighted by Crippen LogP contribution is 2.17. The van der Waals surface area contributed by atoms with Crippen molar-refractivity contribution < 1.29 is 14.3 Å². The number of primary amides is 1. The van der Waals surface area contributed by atoms with Gasteiger partial charge in [0.05, 0.1) is 12.1 Å². The number of carbonyl (C=O) groups excluding carboxylic acids is 2. The second-order valence-electron chi connectivity index (χ2n) is 3.42. The van der Waals surface area contributed by atoms with Crippen LogP contribution in [-0.4, -0.2) is 37.1 Å². The molecule has 1 fully saturated rings. The molecule has 80 valence electrons. The highest BCUT2D eigenvalue weighted by molar-refractivity contribution is 5.89. The van der Waals surface area contributed by atoms with Gasteiger partial charge in [0, 0.05) is 13.2 Å². The average Bonchev–Trinajstić information content (AvgIpc) is 2.15. The lowest BCUT2D eigenvalue weighted by atomic mass is 9.90. The molecule has 5 N–H and O–H groups in total. The zero-order valence-electron chi connectivity index (χ0n) is 7.91. The van der Waals surface area contributed by atoms with Crippen LogP contribution in [0.15, 0.2) is 0 Å². The number of ether oxygens (including phenoxy) is 1. The SMILES string of the molecule is NC(=O)CNC(=O)C1(N)CCOCC1. The van der Waals surface area contributed by atoms with Gasteiger partial charge in [0.15, 0.2) is 0 Å². The molecule has 14 heavy (non-hydrogen) atoms. The molecule has 0 aromatic rings. The summed E-state index contributed by atoms with van der Waals surface area (Å²) in [6, 6.07) is 0. The molecule has 6 nitrogen and oxygen atoms in total. The van der Waals surface area contributed by atoms with Crippen LogP contribution in [0.3, 0.4) is 0 Å². The molecule has 0 saturated carbocycles. The van der Waals surface area contributed by atoms with E-state index in [9.17, 15) is 9.59 Å². The largest absolute Gasteiger partial charge is 0.381 e. The molecule has 1 aliphatic heterocycles. The van der Waals surface area contributed by atoms with Crippen LogP contribution in [0.2, 0.25) is 0 Å². The van der Waals surface area contributed by atoms with Gasteiger partial charge in [0.2, 0.25) is 11.8 Å². The summed E-state index contributed by atoms with van der Waals surface area (Å²) in [6.45, 7) is 0.777. The number of carbonyl (C=O) groups is 2. The Morgan fingerprint density at radius 2 is 1.93 bits per heavy atom. The predicted molar refractivity (Wildman–Crippen MR) is 49.2 cm³/mol. The highest BCUT2D eigenvalue weighted by atomic mass is 16.5. The van der Waals surface area contributed by atoms with E-state index in [1.165, 1.54) is 0 Å². The van der Waals surface area contributed by atoms with Crippen molar-refractivity contribution in [2.24, 2.45) is 11.5 Å². The second-order valence-corrected chi connectivity index (χ2v) is 3.42. The lowest BCUT2D eigenvalue weighted by Crippen LogP contribution is -2.57. The lowest BCUT2D eigenvalue weighted by molar-refractivity contribution is -0.131. The molecule has 0 aromatic carbocycles. The van der Waals surface area contributed by atoms with E-state index in [1.54, 1.807) is 0 Å². The van der Waals surface area contributed by atoms with Crippen LogP contribution in [0.1, 0.15) is 12.8 Å². The quantitative estimate of drug-likeness (QED) is 0.495. The van der Waals surface area contributed by atoms with E-state index in [2.05, 4.69) is 5.32 Å². The molecule has 1 aliphatic rings. The summed E-state index contributed by atoms with van der Waals surface area (Å²) in [5.74, 6) is -0.909. The first-order valence-corrected chi connectivity index (χ1v) is 4.48. The fourth-order valence-corrected chi connectivity index (χ4v) is 1.31. The van der Waals surface area contributed by atoms with Crippen molar-refractivity contribution in [3.8, 4) is 0 Å². The summed E-state index contributed by atoms with van der Waals surface area (Å²) < 4.78 is 5.09. The van der Waals surface area contributed by atoms with E-state index < -0.39 is 11.4 Å². The smallest absolute Gasteiger partial charge is 0.240 e. The van der Waals surface area contributed by atoms with Crippen LogP contribution in [-0.2, 0) is 14.3 Å². The van der Waals surface area contributed by atoms with Gasteiger partial charge in [0.1, 0.15) is 0 Å². The molecule has 1 heterocycles. The Hall–Kier alpha value is -1.14. The van der Waals surface area contributed by atoms with E-state index in [0.717, 1.165) is 0 Å². The number of rotatable bonds is 3. The number of amides is 2. The van der Waals surface area contributed by atoms with Gasteiger partial charge in [-0.15, -0.1) is 0 Å². The third kappa shape index (κ3) is 2.68. The van der Waals surface area contributed by atoms with Gasteiger partial charge < -0.3 is 21.5 Å². The molecule has 2 amide bonds. The molecule has 0 unspecified atom stereocenters. The van der Waals surface area contributed by atoms with Gasteiger partial charge in [-0.05, 0) is 12.8 Å². The number of hydrogen-bond acceptors (Lipinski definition) is 4. The van der Waals surface area contributed by atoms with E-state index in [4.69, 9.17) is 16.2 Å². The van der Waals surface area contributed by atoms with Gasteiger partial charge in [-0.1, -0.05) is 0 Å². The topological polar surface area (TPSA) is 107 Å². The average molecular weight is 201 g/mol. The Bertz CT molecular complexity index is 236. The zero-order valence-corrected chi connectivity index (χ0v) is 7.91. The van der Waals surface area contributed by atoms with Crippen LogP contribution in [0.5, 0.6) is 0 Å². The van der Waals surface area contributed by atoms with Gasteiger partial charge in [-0.25, -0.2) is 0 Å². The molecule has 1 rings (SSSR count). The van der Waals surface area contributed by atoms with Crippen LogP contribution in [0.25, 0.3) is 0 Å². The first kappa shape index (κ1) is 10.9. The first-order chi connectivity index (χ1) is 6.54. The molecular weight excluding hydrogens is 186 g/mol. The molecule has 0 aromatic heterocycles. The molecule has 0 atom stereocenters. The first-order valence-electron chi connectivity index (χ1n) is 4.48. The summed E-state index contributed by atoms with van der Waals surface area (Å²) in [6.07, 6.45) is 0.940. The molecule has 6 heteroatoms. The Morgan fingerprint density at radius 1 is 1.36 bits per heavy atom. The summed E-state index contributed by atoms with van der Waals surface area (Å²) >= 11 is 0. The monoisotopic (exact) mass is 201 g/mol. The Morgan fingerprint density at radius 3 is 2.43 bits per heavy atom. The van der Waals surface area contributed by atoms with Crippen LogP contribution < -0.4 is 16.8 Å². The maximum Gasteiger partial charge on any atom is 0.240 e. The van der Waals surface area contributed by atoms with Gasteiger partial charge in [-0.2, -0.15) is 0 Å². The van der Waals surface area contributed by atoms with Gasteiger partial charge in [0.25, 0.3) is 0 Å². The normalized spacial score (nSPS) is 20.1. The molecule has 0 aliphatic carbocycles. The maximum atomic E-state index is 11.5. The van der Waals surface area contributed by atoms with Crippen molar-refractivity contribution in [1.82, 2.24) is 5.32 Å². The summed E-state index contributed by atoms with van der Waals surface area (Å²) in [4.78, 5) is 22.0. The van der Waals surface area contributed by atoms with Crippen molar-refractivity contribution in [2.75, 3.05) is 19.8 Å². The summed E-state index contributed by atoms with van der Waals surface area (Å²) in [7, 11) is 0. The van der Waals surface area contributed by atoms with Crippen LogP contribution >= 0.6 is 0 Å². The van der Waals surface area contributed by atoms with E-state index in [-0.39, 0.29) is 12.5 Å². The van der Waals surface area contributed by atoms with Crippen molar-refractivity contribution in [3.05, 3.63) is 0 Å². The number of nitrogens with one attached hydrogen (secondary N) is 1. The minimum atomic E-state index is -0.909.